The lowest BCUT2D eigenvalue weighted by Gasteiger charge is -2.13. The van der Waals surface area contributed by atoms with E-state index in [2.05, 4.69) is 15.5 Å². The molecule has 0 unspecified atom stereocenters. The maximum absolute atomic E-state index is 12.3. The van der Waals surface area contributed by atoms with Gasteiger partial charge in [-0.05, 0) is 42.0 Å². The number of amides is 1. The third kappa shape index (κ3) is 5.95. The summed E-state index contributed by atoms with van der Waals surface area (Å²) in [7, 11) is 1.52. The number of carboxylic acids is 1. The average Bonchev–Trinajstić information content (AvgIpc) is 2.91. The van der Waals surface area contributed by atoms with Crippen molar-refractivity contribution in [3.8, 4) is 17.2 Å². The van der Waals surface area contributed by atoms with Gasteiger partial charge in [-0.2, -0.15) is 5.10 Å². The third-order valence-corrected chi connectivity index (χ3v) is 5.16. The van der Waals surface area contributed by atoms with E-state index in [4.69, 9.17) is 19.3 Å². The molecule has 0 radical (unpaired) electrons. The zero-order valence-corrected chi connectivity index (χ0v) is 19.4. The smallest absolute Gasteiger partial charge is 0.335 e. The second-order valence-corrected chi connectivity index (χ2v) is 7.58. The van der Waals surface area contributed by atoms with Gasteiger partial charge in [-0.3, -0.25) is 9.78 Å². The highest BCUT2D eigenvalue weighted by molar-refractivity contribution is 5.88. The van der Waals surface area contributed by atoms with Crippen LogP contribution in [0.4, 0.5) is 0 Å². The molecule has 2 N–H and O–H groups in total. The van der Waals surface area contributed by atoms with Gasteiger partial charge < -0.3 is 19.3 Å². The van der Waals surface area contributed by atoms with Crippen LogP contribution in [0.1, 0.15) is 21.5 Å². The van der Waals surface area contributed by atoms with E-state index in [0.29, 0.717) is 28.3 Å². The van der Waals surface area contributed by atoms with Crippen LogP contribution in [0.25, 0.3) is 10.9 Å². The summed E-state index contributed by atoms with van der Waals surface area (Å²) >= 11 is 0. The van der Waals surface area contributed by atoms with Gasteiger partial charge >= 0.3 is 5.97 Å². The first-order valence-corrected chi connectivity index (χ1v) is 11.0. The summed E-state index contributed by atoms with van der Waals surface area (Å²) in [6.45, 7) is -0.0544. The topological polar surface area (TPSA) is 119 Å². The minimum absolute atomic E-state index is 0.181. The number of carboxylic acid groups (broad SMARTS) is 1. The number of hydrogen-bond donors (Lipinski definition) is 2. The summed E-state index contributed by atoms with van der Waals surface area (Å²) in [6.07, 6.45) is 3.11. The Labute approximate surface area is 207 Å². The number of ether oxygens (including phenoxy) is 3. The number of methoxy groups -OCH3 is 1. The van der Waals surface area contributed by atoms with E-state index in [9.17, 15) is 9.59 Å². The number of carbonyl (C=O) groups excluding carboxylic acids is 1. The first-order chi connectivity index (χ1) is 17.5. The standard InChI is InChI=1S/C27H23N3O6/c1-34-23-9-3-6-21(26(23)36-16-18-10-12-20(13-11-18)27(32)33)15-29-30-24(31)17-35-22-8-2-5-19-7-4-14-28-25(19)22/h2-15H,16-17H2,1H3,(H,30,31)(H,32,33)/b29-15-. The van der Waals surface area contributed by atoms with E-state index in [1.807, 2.05) is 24.3 Å². The van der Waals surface area contributed by atoms with Gasteiger partial charge in [0, 0.05) is 17.1 Å². The lowest BCUT2D eigenvalue weighted by molar-refractivity contribution is -0.123. The maximum atomic E-state index is 12.3. The van der Waals surface area contributed by atoms with Crippen molar-refractivity contribution in [3.63, 3.8) is 0 Å². The number of nitrogens with zero attached hydrogens (tertiary/aromatic N) is 2. The maximum Gasteiger partial charge on any atom is 0.335 e. The Bertz CT molecular complexity index is 1400. The van der Waals surface area contributed by atoms with E-state index >= 15 is 0 Å². The van der Waals surface area contributed by atoms with Crippen molar-refractivity contribution < 1.29 is 28.9 Å². The van der Waals surface area contributed by atoms with Gasteiger partial charge in [0.2, 0.25) is 0 Å². The normalized spacial score (nSPS) is 10.8. The van der Waals surface area contributed by atoms with Crippen molar-refractivity contribution in [2.45, 2.75) is 6.61 Å². The average molecular weight is 485 g/mol. The summed E-state index contributed by atoms with van der Waals surface area (Å²) < 4.78 is 17.0. The molecule has 3 aromatic carbocycles. The Morgan fingerprint density at radius 2 is 1.72 bits per heavy atom. The van der Waals surface area contributed by atoms with Crippen molar-refractivity contribution >= 4 is 29.0 Å². The van der Waals surface area contributed by atoms with Crippen molar-refractivity contribution in [2.75, 3.05) is 13.7 Å². The van der Waals surface area contributed by atoms with Gasteiger partial charge in [0.05, 0.1) is 18.9 Å². The van der Waals surface area contributed by atoms with E-state index in [1.54, 1.807) is 42.6 Å². The van der Waals surface area contributed by atoms with Crippen molar-refractivity contribution in [1.29, 1.82) is 0 Å². The monoisotopic (exact) mass is 485 g/mol. The Hall–Kier alpha value is -4.92. The van der Waals surface area contributed by atoms with Crippen molar-refractivity contribution in [1.82, 2.24) is 10.4 Å². The molecule has 0 bridgehead atoms. The molecule has 1 amide bonds. The number of nitrogens with one attached hydrogen (secondary N) is 1. The second-order valence-electron chi connectivity index (χ2n) is 7.58. The number of aromatic nitrogens is 1. The van der Waals surface area contributed by atoms with Crippen LogP contribution in [0.5, 0.6) is 17.2 Å². The van der Waals surface area contributed by atoms with E-state index in [-0.39, 0.29) is 18.8 Å². The number of benzene rings is 3. The third-order valence-electron chi connectivity index (χ3n) is 5.16. The largest absolute Gasteiger partial charge is 0.493 e. The fourth-order valence-electron chi connectivity index (χ4n) is 3.39. The molecule has 182 valence electrons. The summed E-state index contributed by atoms with van der Waals surface area (Å²) in [5.41, 5.74) is 4.67. The molecular weight excluding hydrogens is 462 g/mol. The molecule has 0 aliphatic rings. The van der Waals surface area contributed by atoms with Gasteiger partial charge in [-0.25, -0.2) is 10.2 Å². The Morgan fingerprint density at radius 3 is 2.50 bits per heavy atom. The number of hydrazone groups is 1. The first-order valence-electron chi connectivity index (χ1n) is 11.0. The summed E-state index contributed by atoms with van der Waals surface area (Å²) in [4.78, 5) is 27.6. The number of hydrogen-bond acceptors (Lipinski definition) is 7. The van der Waals surface area contributed by atoms with E-state index in [0.717, 1.165) is 10.9 Å². The van der Waals surface area contributed by atoms with Gasteiger partial charge in [0.25, 0.3) is 5.91 Å². The van der Waals surface area contributed by atoms with Crippen LogP contribution in [-0.4, -0.2) is 41.9 Å². The van der Waals surface area contributed by atoms with Gasteiger partial charge in [-0.15, -0.1) is 0 Å². The molecule has 0 saturated heterocycles. The van der Waals surface area contributed by atoms with Crippen LogP contribution < -0.4 is 19.6 Å². The molecule has 0 saturated carbocycles. The zero-order valence-electron chi connectivity index (χ0n) is 19.4. The number of pyridine rings is 1. The molecule has 0 aliphatic heterocycles. The second kappa shape index (κ2) is 11.5. The molecular formula is C27H23N3O6. The quantitative estimate of drug-likeness (QED) is 0.257. The first kappa shape index (κ1) is 24.2. The molecule has 0 spiro atoms. The summed E-state index contributed by atoms with van der Waals surface area (Å²) in [6, 6.07) is 20.9. The lowest BCUT2D eigenvalue weighted by atomic mass is 10.1. The zero-order chi connectivity index (χ0) is 25.3. The Morgan fingerprint density at radius 1 is 0.972 bits per heavy atom. The number of rotatable bonds is 10. The van der Waals surface area contributed by atoms with Crippen LogP contribution >= 0.6 is 0 Å². The van der Waals surface area contributed by atoms with Crippen LogP contribution in [-0.2, 0) is 11.4 Å². The lowest BCUT2D eigenvalue weighted by Crippen LogP contribution is -2.24. The molecule has 0 aliphatic carbocycles. The molecule has 9 heteroatoms. The highest BCUT2D eigenvalue weighted by Crippen LogP contribution is 2.31. The molecule has 4 aromatic rings. The summed E-state index contributed by atoms with van der Waals surface area (Å²) in [5.74, 6) is -0.0142. The van der Waals surface area contributed by atoms with Crippen molar-refractivity contribution in [2.24, 2.45) is 5.10 Å². The molecule has 36 heavy (non-hydrogen) atoms. The molecule has 9 nitrogen and oxygen atoms in total. The fourth-order valence-corrected chi connectivity index (χ4v) is 3.39. The van der Waals surface area contributed by atoms with Gasteiger partial charge in [-0.1, -0.05) is 36.4 Å². The minimum Gasteiger partial charge on any atom is -0.493 e. The fraction of sp³-hybridized carbons (Fsp3) is 0.111. The number of carbonyl (C=O) groups is 2. The SMILES string of the molecule is COc1cccc(/C=N\NC(=O)COc2cccc3cccnc23)c1OCc1ccc(C(=O)O)cc1. The molecule has 1 aromatic heterocycles. The number of fused-ring (bicyclic) bond motifs is 1. The van der Waals surface area contributed by atoms with Gasteiger partial charge in [0.1, 0.15) is 17.9 Å². The molecule has 0 atom stereocenters. The van der Waals surface area contributed by atoms with Crippen molar-refractivity contribution in [3.05, 3.63) is 95.7 Å². The van der Waals surface area contributed by atoms with Crippen LogP contribution in [0.15, 0.2) is 84.1 Å². The number of para-hydroxylation sites is 2. The molecule has 0 fully saturated rings. The van der Waals surface area contributed by atoms with Crippen LogP contribution in [0.2, 0.25) is 0 Å². The van der Waals surface area contributed by atoms with E-state index < -0.39 is 11.9 Å². The van der Waals surface area contributed by atoms with Crippen LogP contribution in [0, 0.1) is 0 Å². The predicted octanol–water partition coefficient (Wildman–Crippen LogP) is 4.05. The van der Waals surface area contributed by atoms with Crippen LogP contribution in [0.3, 0.4) is 0 Å². The summed E-state index contributed by atoms with van der Waals surface area (Å²) in [5, 5.41) is 14.0. The molecule has 1 heterocycles. The van der Waals surface area contributed by atoms with Gasteiger partial charge in [0.15, 0.2) is 18.1 Å². The highest BCUT2D eigenvalue weighted by atomic mass is 16.5. The minimum atomic E-state index is -0.994. The number of aromatic carboxylic acids is 1. The Balaban J connectivity index is 1.38. The van der Waals surface area contributed by atoms with E-state index in [1.165, 1.54) is 25.5 Å². The predicted molar refractivity (Wildman–Crippen MR) is 134 cm³/mol. The Kier molecular flexibility index (Phi) is 7.72. The molecule has 4 rings (SSSR count). The highest BCUT2D eigenvalue weighted by Gasteiger charge is 2.11.